The van der Waals surface area contributed by atoms with Gasteiger partial charge in [0.2, 0.25) is 0 Å². The lowest BCUT2D eigenvalue weighted by molar-refractivity contribution is -0.171. The van der Waals surface area contributed by atoms with Gasteiger partial charge >= 0.3 is 0 Å². The molecular formula is C27H44O3. The van der Waals surface area contributed by atoms with E-state index in [4.69, 9.17) is 0 Å². The smallest absolute Gasteiger partial charge is 0.142 e. The van der Waals surface area contributed by atoms with Crippen LogP contribution in [-0.4, -0.2) is 22.8 Å². The van der Waals surface area contributed by atoms with E-state index in [9.17, 15) is 14.7 Å². The van der Waals surface area contributed by atoms with Crippen LogP contribution >= 0.6 is 0 Å². The van der Waals surface area contributed by atoms with Gasteiger partial charge in [-0.3, -0.25) is 9.59 Å². The SMILES string of the molecule is CC(C)CCC[C@@H](C)[C@H]1CC[C@H]2[C@H]3CC(=O)[C@@H]4C[C@H](O)CC(=O)[C@@]4(C)[C@H]3CC[C@]12C. The first-order valence-corrected chi connectivity index (χ1v) is 12.8. The van der Waals surface area contributed by atoms with Crippen molar-refractivity contribution in [2.75, 3.05) is 0 Å². The average Bonchev–Trinajstić information content (AvgIpc) is 3.01. The molecule has 3 heteroatoms. The summed E-state index contributed by atoms with van der Waals surface area (Å²) in [5.41, 5.74) is -0.194. The lowest BCUT2D eigenvalue weighted by atomic mass is 9.43. The van der Waals surface area contributed by atoms with Crippen molar-refractivity contribution in [3.8, 4) is 0 Å². The number of rotatable bonds is 5. The lowest BCUT2D eigenvalue weighted by Crippen LogP contribution is -2.60. The number of fused-ring (bicyclic) bond motifs is 5. The van der Waals surface area contributed by atoms with Crippen molar-refractivity contribution in [1.82, 2.24) is 0 Å². The van der Waals surface area contributed by atoms with Crippen LogP contribution in [-0.2, 0) is 9.59 Å². The maximum atomic E-state index is 13.2. The second-order valence-electron chi connectivity index (χ2n) is 12.4. The number of Topliss-reactive ketones (excluding diaryl/α,β-unsaturated/α-hetero) is 2. The highest BCUT2D eigenvalue weighted by Crippen LogP contribution is 2.67. The Morgan fingerprint density at radius 3 is 2.43 bits per heavy atom. The molecule has 9 atom stereocenters. The van der Waals surface area contributed by atoms with Gasteiger partial charge in [0.15, 0.2) is 0 Å². The van der Waals surface area contributed by atoms with Gasteiger partial charge in [-0.25, -0.2) is 0 Å². The molecule has 0 radical (unpaired) electrons. The fourth-order valence-corrected chi connectivity index (χ4v) is 8.88. The number of aliphatic hydroxyl groups is 1. The van der Waals surface area contributed by atoms with Crippen molar-refractivity contribution in [3.63, 3.8) is 0 Å². The number of hydrogen-bond donors (Lipinski definition) is 1. The zero-order chi connectivity index (χ0) is 21.8. The molecule has 170 valence electrons. The summed E-state index contributed by atoms with van der Waals surface area (Å²) in [6, 6.07) is 0. The Morgan fingerprint density at radius 2 is 1.73 bits per heavy atom. The van der Waals surface area contributed by atoms with Gasteiger partial charge in [-0.05, 0) is 73.0 Å². The molecule has 4 fully saturated rings. The lowest BCUT2D eigenvalue weighted by Gasteiger charge is -2.59. The molecule has 0 bridgehead atoms. The highest BCUT2D eigenvalue weighted by atomic mass is 16.3. The quantitative estimate of drug-likeness (QED) is 0.614. The van der Waals surface area contributed by atoms with Crippen molar-refractivity contribution < 1.29 is 14.7 Å². The van der Waals surface area contributed by atoms with E-state index < -0.39 is 11.5 Å². The fourth-order valence-electron chi connectivity index (χ4n) is 8.88. The minimum absolute atomic E-state index is 0.162. The molecule has 0 aromatic rings. The Kier molecular flexibility index (Phi) is 6.01. The molecule has 1 N–H and O–H groups in total. The Hall–Kier alpha value is -0.700. The van der Waals surface area contributed by atoms with E-state index in [-0.39, 0.29) is 23.9 Å². The molecule has 3 nitrogen and oxygen atoms in total. The molecule has 0 aromatic heterocycles. The molecular weight excluding hydrogens is 372 g/mol. The number of carbonyl (C=O) groups excluding carboxylic acids is 2. The summed E-state index contributed by atoms with van der Waals surface area (Å²) in [5.74, 6) is 3.80. The summed E-state index contributed by atoms with van der Waals surface area (Å²) in [5, 5.41) is 10.2. The molecule has 4 aliphatic rings. The van der Waals surface area contributed by atoms with Crippen molar-refractivity contribution in [2.24, 2.45) is 52.3 Å². The van der Waals surface area contributed by atoms with Crippen LogP contribution in [0.3, 0.4) is 0 Å². The molecule has 4 rings (SSSR count). The van der Waals surface area contributed by atoms with Crippen LogP contribution < -0.4 is 0 Å². The zero-order valence-electron chi connectivity index (χ0n) is 20.0. The Labute approximate surface area is 183 Å². The predicted octanol–water partition coefficient (Wildman–Crippen LogP) is 5.83. The van der Waals surface area contributed by atoms with Gasteiger partial charge in [-0.2, -0.15) is 0 Å². The van der Waals surface area contributed by atoms with Crippen LogP contribution in [0.15, 0.2) is 0 Å². The molecule has 4 saturated carbocycles. The summed E-state index contributed by atoms with van der Waals surface area (Å²) in [7, 11) is 0. The normalized spacial score (nSPS) is 47.0. The van der Waals surface area contributed by atoms with E-state index in [1.54, 1.807) is 0 Å². The summed E-state index contributed by atoms with van der Waals surface area (Å²) in [6.07, 6.45) is 9.61. The molecule has 0 amide bonds. The number of aliphatic hydroxyl groups excluding tert-OH is 1. The zero-order valence-corrected chi connectivity index (χ0v) is 20.0. The van der Waals surface area contributed by atoms with Crippen molar-refractivity contribution in [1.29, 1.82) is 0 Å². The fraction of sp³-hybridized carbons (Fsp3) is 0.926. The molecule has 0 heterocycles. The molecule has 4 aliphatic carbocycles. The second kappa shape index (κ2) is 8.01. The maximum absolute atomic E-state index is 13.2. The van der Waals surface area contributed by atoms with Gasteiger partial charge in [0.25, 0.3) is 0 Å². The molecule has 0 spiro atoms. The van der Waals surface area contributed by atoms with Crippen molar-refractivity contribution in [3.05, 3.63) is 0 Å². The highest BCUT2D eigenvalue weighted by molar-refractivity contribution is 5.95. The third kappa shape index (κ3) is 3.42. The summed E-state index contributed by atoms with van der Waals surface area (Å²) in [4.78, 5) is 26.4. The van der Waals surface area contributed by atoms with Crippen LogP contribution in [0.25, 0.3) is 0 Å². The summed E-state index contributed by atoms with van der Waals surface area (Å²) in [6.45, 7) is 11.7. The minimum atomic E-state index is -0.618. The Balaban J connectivity index is 1.54. The third-order valence-electron chi connectivity index (χ3n) is 10.5. The molecule has 0 saturated heterocycles. The van der Waals surface area contributed by atoms with Gasteiger partial charge in [0.05, 0.1) is 6.10 Å². The van der Waals surface area contributed by atoms with E-state index in [1.807, 2.05) is 0 Å². The van der Waals surface area contributed by atoms with Gasteiger partial charge in [0, 0.05) is 24.2 Å². The van der Waals surface area contributed by atoms with E-state index in [2.05, 4.69) is 34.6 Å². The van der Waals surface area contributed by atoms with Crippen LogP contribution in [0, 0.1) is 52.3 Å². The molecule has 0 aromatic carbocycles. The molecule has 0 aliphatic heterocycles. The van der Waals surface area contributed by atoms with Crippen LogP contribution in [0.1, 0.15) is 98.8 Å². The van der Waals surface area contributed by atoms with E-state index in [0.717, 1.165) is 24.2 Å². The number of carbonyl (C=O) groups is 2. The first-order valence-electron chi connectivity index (χ1n) is 12.8. The van der Waals surface area contributed by atoms with Crippen molar-refractivity contribution in [2.45, 2.75) is 105 Å². The topological polar surface area (TPSA) is 54.4 Å². The average molecular weight is 417 g/mol. The number of hydrogen-bond acceptors (Lipinski definition) is 3. The Bertz CT molecular complexity index is 684. The van der Waals surface area contributed by atoms with E-state index in [1.165, 1.54) is 38.5 Å². The minimum Gasteiger partial charge on any atom is -0.393 e. The van der Waals surface area contributed by atoms with Gasteiger partial charge in [0.1, 0.15) is 11.6 Å². The highest BCUT2D eigenvalue weighted by Gasteiger charge is 2.64. The first kappa shape index (κ1) is 22.5. The predicted molar refractivity (Wildman–Crippen MR) is 120 cm³/mol. The van der Waals surface area contributed by atoms with Crippen LogP contribution in [0.4, 0.5) is 0 Å². The maximum Gasteiger partial charge on any atom is 0.142 e. The summed E-state index contributed by atoms with van der Waals surface area (Å²) >= 11 is 0. The monoisotopic (exact) mass is 416 g/mol. The van der Waals surface area contributed by atoms with Gasteiger partial charge < -0.3 is 5.11 Å². The molecule has 30 heavy (non-hydrogen) atoms. The summed E-state index contributed by atoms with van der Waals surface area (Å²) < 4.78 is 0. The second-order valence-corrected chi connectivity index (χ2v) is 12.4. The Morgan fingerprint density at radius 1 is 1.00 bits per heavy atom. The van der Waals surface area contributed by atoms with Crippen molar-refractivity contribution >= 4 is 11.6 Å². The van der Waals surface area contributed by atoms with Gasteiger partial charge in [-0.1, -0.05) is 53.9 Å². The first-order chi connectivity index (χ1) is 14.1. The van der Waals surface area contributed by atoms with Crippen LogP contribution in [0.2, 0.25) is 0 Å². The largest absolute Gasteiger partial charge is 0.393 e. The standard InChI is InChI=1S/C27H44O3/c1-16(2)7-6-8-17(3)20-9-10-21-19-15-24(29)23-13-18(28)14-25(30)27(23,5)22(19)11-12-26(20,21)4/h16-23,28H,6-15H2,1-5H3/t17-,18+,19-,20-,21+,22+,23+,26-,27+/m1/s1. The molecule has 0 unspecified atom stereocenters. The van der Waals surface area contributed by atoms with E-state index >= 15 is 0 Å². The third-order valence-corrected chi connectivity index (χ3v) is 10.5. The number of ketones is 2. The van der Waals surface area contributed by atoms with E-state index in [0.29, 0.717) is 36.0 Å². The van der Waals surface area contributed by atoms with Crippen LogP contribution in [0.5, 0.6) is 0 Å². The van der Waals surface area contributed by atoms with Gasteiger partial charge in [-0.15, -0.1) is 0 Å².